The maximum atomic E-state index is 10.5. The van der Waals surface area contributed by atoms with E-state index in [0.29, 0.717) is 0 Å². The summed E-state index contributed by atoms with van der Waals surface area (Å²) in [4.78, 5) is 10.4. The second kappa shape index (κ2) is 3.42. The summed E-state index contributed by atoms with van der Waals surface area (Å²) in [5.41, 5.74) is 0. The fraction of sp³-hybridized carbons (Fsp3) is 0.250. The van der Waals surface area contributed by atoms with Crippen LogP contribution in [0.2, 0.25) is 0 Å². The molecule has 1 aliphatic heterocycles. The zero-order valence-electron chi connectivity index (χ0n) is 7.83. The van der Waals surface area contributed by atoms with Gasteiger partial charge in [-0.1, -0.05) is 0 Å². The molecule has 1 rings (SSSR count). The van der Waals surface area contributed by atoms with Gasteiger partial charge in [-0.3, -0.25) is 4.79 Å². The number of carbonyl (C=O) groups is 1. The summed E-state index contributed by atoms with van der Waals surface area (Å²) in [7, 11) is -3.85. The van der Waals surface area contributed by atoms with E-state index in [4.69, 9.17) is 0 Å². The Morgan fingerprint density at radius 2 is 2.18 bits per heavy atom. The molecule has 0 radical (unpaired) electrons. The zero-order valence-corrected chi connectivity index (χ0v) is 8.06. The molecule has 0 aromatic rings. The standard InChI is InChI=1S/C4H5NO4S.Mg.2H/c1-3-2-4(6)5-10(7,8)9-3;;;/h2H,1H3,(H,5,6);;;/q;+2;2*-1. The molecular formula is C4H7MgNO4S. The van der Waals surface area contributed by atoms with E-state index in [9.17, 15) is 13.2 Å². The fourth-order valence-electron chi connectivity index (χ4n) is 0.555. The molecule has 7 heteroatoms. The smallest absolute Gasteiger partial charge is 1.00 e. The van der Waals surface area contributed by atoms with E-state index >= 15 is 0 Å². The van der Waals surface area contributed by atoms with Crippen molar-refractivity contribution in [2.45, 2.75) is 6.92 Å². The summed E-state index contributed by atoms with van der Waals surface area (Å²) in [5, 5.41) is 0. The molecule has 0 unspecified atom stereocenters. The third kappa shape index (κ3) is 3.08. The molecule has 11 heavy (non-hydrogen) atoms. The average molecular weight is 189 g/mol. The molecule has 0 bridgehead atoms. The molecule has 0 atom stereocenters. The van der Waals surface area contributed by atoms with Gasteiger partial charge in [0.2, 0.25) is 0 Å². The number of nitrogens with one attached hydrogen (secondary N) is 1. The van der Waals surface area contributed by atoms with Crippen LogP contribution in [0.3, 0.4) is 0 Å². The molecule has 0 aromatic carbocycles. The van der Waals surface area contributed by atoms with Crippen molar-refractivity contribution in [3.05, 3.63) is 11.8 Å². The van der Waals surface area contributed by atoms with Crippen LogP contribution in [-0.4, -0.2) is 37.4 Å². The largest absolute Gasteiger partial charge is 2.00 e. The second-order valence-electron chi connectivity index (χ2n) is 1.76. The van der Waals surface area contributed by atoms with Gasteiger partial charge in [-0.25, -0.2) is 4.72 Å². The SMILES string of the molecule is CC1=CC(=O)NS(=O)(=O)O1.[H-].[H-].[Mg+2]. The van der Waals surface area contributed by atoms with E-state index in [1.807, 2.05) is 0 Å². The van der Waals surface area contributed by atoms with Gasteiger partial charge in [-0.15, -0.1) is 0 Å². The Labute approximate surface area is 83.2 Å². The van der Waals surface area contributed by atoms with Crippen LogP contribution in [0.1, 0.15) is 9.78 Å². The molecule has 5 nitrogen and oxygen atoms in total. The van der Waals surface area contributed by atoms with E-state index in [1.165, 1.54) is 6.92 Å². The first-order valence-corrected chi connectivity index (χ1v) is 3.85. The third-order valence-corrected chi connectivity index (χ3v) is 1.73. The van der Waals surface area contributed by atoms with Gasteiger partial charge in [-0.2, -0.15) is 8.42 Å². The monoisotopic (exact) mass is 189 g/mol. The molecule has 0 spiro atoms. The van der Waals surface area contributed by atoms with Crippen molar-refractivity contribution < 1.29 is 20.2 Å². The zero-order chi connectivity index (χ0) is 7.78. The molecular weight excluding hydrogens is 182 g/mol. The Morgan fingerprint density at radius 1 is 1.64 bits per heavy atom. The van der Waals surface area contributed by atoms with Gasteiger partial charge >= 0.3 is 33.4 Å². The van der Waals surface area contributed by atoms with Crippen LogP contribution in [-0.2, 0) is 19.3 Å². The Hall–Kier alpha value is -0.274. The van der Waals surface area contributed by atoms with E-state index in [-0.39, 0.29) is 31.7 Å². The minimum Gasteiger partial charge on any atom is -1.00 e. The summed E-state index contributed by atoms with van der Waals surface area (Å²) >= 11 is 0. The van der Waals surface area contributed by atoms with Crippen LogP contribution in [0.25, 0.3) is 0 Å². The van der Waals surface area contributed by atoms with Crippen molar-refractivity contribution in [3.8, 4) is 0 Å². The van der Waals surface area contributed by atoms with E-state index < -0.39 is 16.2 Å². The number of hydrogen-bond acceptors (Lipinski definition) is 4. The average Bonchev–Trinajstić information content (AvgIpc) is 1.54. The van der Waals surface area contributed by atoms with Gasteiger partial charge in [0.05, 0.1) is 0 Å². The summed E-state index contributed by atoms with van der Waals surface area (Å²) in [6.07, 6.45) is 1.06. The summed E-state index contributed by atoms with van der Waals surface area (Å²) < 4.78 is 26.8. The third-order valence-electron chi connectivity index (χ3n) is 0.801. The van der Waals surface area contributed by atoms with Gasteiger partial charge in [0.15, 0.2) is 0 Å². The minimum atomic E-state index is -3.85. The van der Waals surface area contributed by atoms with Crippen molar-refractivity contribution in [1.82, 2.24) is 4.72 Å². The van der Waals surface area contributed by atoms with Crippen molar-refractivity contribution in [2.75, 3.05) is 0 Å². The Morgan fingerprint density at radius 3 is 2.55 bits per heavy atom. The second-order valence-corrected chi connectivity index (χ2v) is 3.04. The summed E-state index contributed by atoms with van der Waals surface area (Å²) in [5.74, 6) is -0.604. The molecule has 1 heterocycles. The topological polar surface area (TPSA) is 72.5 Å². The number of rotatable bonds is 0. The molecule has 1 amide bonds. The Bertz CT molecular complexity index is 301. The van der Waals surface area contributed by atoms with Gasteiger partial charge < -0.3 is 7.04 Å². The molecule has 0 aromatic heterocycles. The maximum Gasteiger partial charge on any atom is 2.00 e. The molecule has 0 aliphatic carbocycles. The van der Waals surface area contributed by atoms with E-state index in [2.05, 4.69) is 4.18 Å². The predicted molar refractivity (Wildman–Crippen MR) is 39.9 cm³/mol. The quantitative estimate of drug-likeness (QED) is 0.503. The minimum absolute atomic E-state index is 0. The molecule has 0 saturated carbocycles. The maximum absolute atomic E-state index is 10.5. The molecule has 60 valence electrons. The number of hydrogen-bond donors (Lipinski definition) is 1. The Kier molecular flexibility index (Phi) is 3.33. The van der Waals surface area contributed by atoms with Gasteiger partial charge in [0.25, 0.3) is 5.91 Å². The Balaban J connectivity index is -0.000000333. The van der Waals surface area contributed by atoms with Crippen LogP contribution >= 0.6 is 0 Å². The van der Waals surface area contributed by atoms with Gasteiger partial charge in [0, 0.05) is 6.08 Å². The number of allylic oxidation sites excluding steroid dienone is 1. The number of carbonyl (C=O) groups excluding carboxylic acids is 1. The molecule has 1 aliphatic rings. The van der Waals surface area contributed by atoms with Crippen molar-refractivity contribution in [3.63, 3.8) is 0 Å². The normalized spacial score (nSPS) is 20.5. The van der Waals surface area contributed by atoms with Gasteiger partial charge in [0.1, 0.15) is 5.76 Å². The van der Waals surface area contributed by atoms with Crippen LogP contribution in [0.15, 0.2) is 11.8 Å². The summed E-state index contributed by atoms with van der Waals surface area (Å²) in [6.45, 7) is 1.39. The summed E-state index contributed by atoms with van der Waals surface area (Å²) in [6, 6.07) is 0. The first-order valence-electron chi connectivity index (χ1n) is 2.44. The molecule has 0 fully saturated rings. The van der Waals surface area contributed by atoms with Crippen LogP contribution in [0, 0.1) is 0 Å². The van der Waals surface area contributed by atoms with Gasteiger partial charge in [-0.05, 0) is 6.92 Å². The fourth-order valence-corrected chi connectivity index (χ4v) is 1.30. The van der Waals surface area contributed by atoms with Crippen LogP contribution in [0.4, 0.5) is 0 Å². The van der Waals surface area contributed by atoms with Crippen LogP contribution in [0.5, 0.6) is 0 Å². The van der Waals surface area contributed by atoms with E-state index in [0.717, 1.165) is 6.08 Å². The first kappa shape index (κ1) is 10.7. The first-order chi connectivity index (χ1) is 4.49. The van der Waals surface area contributed by atoms with Crippen LogP contribution < -0.4 is 4.72 Å². The number of amides is 1. The van der Waals surface area contributed by atoms with E-state index in [1.54, 1.807) is 4.72 Å². The van der Waals surface area contributed by atoms with Crippen molar-refractivity contribution >= 4 is 39.3 Å². The van der Waals surface area contributed by atoms with Crippen molar-refractivity contribution in [2.24, 2.45) is 0 Å². The molecule has 1 N–H and O–H groups in total. The van der Waals surface area contributed by atoms with Crippen molar-refractivity contribution in [1.29, 1.82) is 0 Å². The predicted octanol–water partition coefficient (Wildman–Crippen LogP) is -0.874. The molecule has 0 saturated heterocycles.